The van der Waals surface area contributed by atoms with Crippen molar-refractivity contribution in [2.45, 2.75) is 154 Å². The average molecular weight is 1000 g/mol. The Hall–Kier alpha value is -5.93. The van der Waals surface area contributed by atoms with Crippen LogP contribution in [0, 0.1) is 23.1 Å². The third-order valence-corrected chi connectivity index (χ3v) is 20.5. The van der Waals surface area contributed by atoms with Crippen LogP contribution in [0.2, 0.25) is 16.6 Å². The number of hydrogen-bond acceptors (Lipinski definition) is 11. The third kappa shape index (κ3) is 10.1. The minimum atomic E-state index is -3.80. The van der Waals surface area contributed by atoms with Gasteiger partial charge < -0.3 is 24.1 Å². The van der Waals surface area contributed by atoms with Crippen molar-refractivity contribution in [3.05, 3.63) is 71.4 Å². The lowest BCUT2D eigenvalue weighted by Gasteiger charge is -2.38. The van der Waals surface area contributed by atoms with Gasteiger partial charge in [-0.3, -0.25) is 15.3 Å². The largest absolute Gasteiger partial charge is 0.586 e. The number of phenolic OH excluding ortho intramolecular Hbond substituents is 1. The number of alkyl halides is 3. The Bertz CT molecular complexity index is 2880. The Labute approximate surface area is 412 Å². The first kappa shape index (κ1) is 51.4. The van der Waals surface area contributed by atoms with Crippen LogP contribution < -0.4 is 19.6 Å². The molecule has 0 radical (unpaired) electrons. The molecule has 3 aliphatic heterocycles. The molecule has 1 amide bonds. The number of aromatic hydroxyl groups is 1. The fourth-order valence-corrected chi connectivity index (χ4v) is 16.3. The Morgan fingerprint density at radius 2 is 1.73 bits per heavy atom. The van der Waals surface area contributed by atoms with E-state index >= 15 is 13.2 Å². The molecule has 12 nitrogen and oxygen atoms in total. The van der Waals surface area contributed by atoms with Crippen molar-refractivity contribution < 1.29 is 50.8 Å². The van der Waals surface area contributed by atoms with E-state index in [2.05, 4.69) is 78.1 Å². The van der Waals surface area contributed by atoms with Gasteiger partial charge in [0.15, 0.2) is 23.1 Å². The number of nitrogens with zero attached hydrogens (tertiary/aromatic N) is 5. The maximum absolute atomic E-state index is 17.8. The minimum Gasteiger partial charge on any atom is -0.508 e. The van der Waals surface area contributed by atoms with Gasteiger partial charge in [0.2, 0.25) is 0 Å². The summed E-state index contributed by atoms with van der Waals surface area (Å²) in [7, 11) is -2.39. The Morgan fingerprint density at radius 3 is 2.42 bits per heavy atom. The number of halogens is 5. The first-order valence-corrected chi connectivity index (χ1v) is 26.7. The van der Waals surface area contributed by atoms with E-state index < -0.39 is 49.4 Å². The molecule has 380 valence electrons. The normalized spacial score (nSPS) is 19.7. The highest BCUT2D eigenvalue weighted by molar-refractivity contribution is 6.90. The fraction of sp³-hybridized carbons (Fsp3) is 0.509. The molecule has 0 unspecified atom stereocenters. The van der Waals surface area contributed by atoms with E-state index in [1.54, 1.807) is 26.8 Å². The first-order chi connectivity index (χ1) is 33.5. The van der Waals surface area contributed by atoms with Crippen molar-refractivity contribution >= 4 is 41.7 Å². The van der Waals surface area contributed by atoms with E-state index in [0.29, 0.717) is 30.2 Å². The number of phenols is 1. The second-order valence-electron chi connectivity index (χ2n) is 21.0. The SMILES string of the molecule is CCCCCN(Nc1nc(OC[C@@]23CC[C@H](c4ccc5c(c4)OC(F)(F)O5)N2C[C@H](F)C3)nc2c(F)c(-c3cc(O)cc4ccc(F)c(C#C[Si](C(C)C)(C(C)C)C(C)C)c34)ncc12)C(=O)OC(C)(C)C. The summed E-state index contributed by atoms with van der Waals surface area (Å²) >= 11 is 0. The van der Waals surface area contributed by atoms with Crippen molar-refractivity contribution in [2.24, 2.45) is 0 Å². The minimum absolute atomic E-state index is 0.0384. The van der Waals surface area contributed by atoms with Gasteiger partial charge >= 0.3 is 18.4 Å². The number of aromatic nitrogens is 3. The van der Waals surface area contributed by atoms with Crippen molar-refractivity contribution in [3.8, 4) is 46.0 Å². The molecule has 18 heteroatoms. The smallest absolute Gasteiger partial charge is 0.508 e. The van der Waals surface area contributed by atoms with Crippen LogP contribution in [0.25, 0.3) is 32.9 Å². The molecular formula is C53H63F5N6O6Si. The third-order valence-electron chi connectivity index (χ3n) is 14.2. The lowest BCUT2D eigenvalue weighted by atomic mass is 9.94. The summed E-state index contributed by atoms with van der Waals surface area (Å²) in [5, 5.41) is 13.1. The van der Waals surface area contributed by atoms with Gasteiger partial charge in [-0.05, 0) is 97.9 Å². The van der Waals surface area contributed by atoms with Crippen LogP contribution in [0.5, 0.6) is 23.3 Å². The van der Waals surface area contributed by atoms with Crippen LogP contribution in [0.3, 0.4) is 0 Å². The molecule has 3 aromatic carbocycles. The van der Waals surface area contributed by atoms with Crippen molar-refractivity contribution in [2.75, 3.05) is 25.1 Å². The van der Waals surface area contributed by atoms with Crippen LogP contribution in [0.15, 0.2) is 48.7 Å². The molecule has 5 heterocycles. The Kier molecular flexibility index (Phi) is 14.2. The van der Waals surface area contributed by atoms with Gasteiger partial charge in [-0.1, -0.05) is 79.4 Å². The predicted molar refractivity (Wildman–Crippen MR) is 265 cm³/mol. The summed E-state index contributed by atoms with van der Waals surface area (Å²) in [6, 6.07) is 9.43. The van der Waals surface area contributed by atoms with Crippen LogP contribution in [-0.2, 0) is 4.74 Å². The molecule has 2 N–H and O–H groups in total. The predicted octanol–water partition coefficient (Wildman–Crippen LogP) is 13.2. The quantitative estimate of drug-likeness (QED) is 0.0362. The van der Waals surface area contributed by atoms with Gasteiger partial charge in [0.05, 0.1) is 16.5 Å². The molecule has 2 aromatic heterocycles. The number of amides is 1. The van der Waals surface area contributed by atoms with E-state index in [1.165, 1.54) is 47.6 Å². The summed E-state index contributed by atoms with van der Waals surface area (Å²) in [5.41, 5.74) is 5.80. The number of fused-ring (bicyclic) bond motifs is 4. The second-order valence-corrected chi connectivity index (χ2v) is 26.6. The van der Waals surface area contributed by atoms with E-state index in [1.807, 2.05) is 11.8 Å². The number of carbonyl (C=O) groups excluding carboxylic acids is 1. The monoisotopic (exact) mass is 1000 g/mol. The molecule has 3 aliphatic rings. The number of nitrogens with one attached hydrogen (secondary N) is 1. The van der Waals surface area contributed by atoms with Gasteiger partial charge in [-0.25, -0.2) is 23.0 Å². The summed E-state index contributed by atoms with van der Waals surface area (Å²) in [6.45, 7) is 20.2. The molecule has 0 spiro atoms. The number of carbonyl (C=O) groups is 1. The maximum atomic E-state index is 17.8. The Morgan fingerprint density at radius 1 is 1.01 bits per heavy atom. The van der Waals surface area contributed by atoms with Crippen LogP contribution >= 0.6 is 0 Å². The van der Waals surface area contributed by atoms with Crippen LogP contribution in [0.4, 0.5) is 32.6 Å². The molecule has 5 aromatic rings. The highest BCUT2D eigenvalue weighted by atomic mass is 28.3. The molecular weight excluding hydrogens is 940 g/mol. The number of unbranched alkanes of at least 4 members (excludes halogenated alkanes) is 2. The molecule has 0 bridgehead atoms. The lowest BCUT2D eigenvalue weighted by Crippen LogP contribution is -2.44. The van der Waals surface area contributed by atoms with Crippen LogP contribution in [0.1, 0.15) is 125 Å². The van der Waals surface area contributed by atoms with Gasteiger partial charge in [-0.15, -0.1) is 14.3 Å². The highest BCUT2D eigenvalue weighted by Gasteiger charge is 2.54. The number of pyridine rings is 1. The van der Waals surface area contributed by atoms with E-state index in [-0.39, 0.29) is 111 Å². The summed E-state index contributed by atoms with van der Waals surface area (Å²) < 4.78 is 99.1. The van der Waals surface area contributed by atoms with Crippen LogP contribution in [-0.4, -0.2) is 87.4 Å². The van der Waals surface area contributed by atoms with Crippen molar-refractivity contribution in [1.82, 2.24) is 24.9 Å². The van der Waals surface area contributed by atoms with E-state index in [9.17, 15) is 18.7 Å². The van der Waals surface area contributed by atoms with Gasteiger partial charge in [-0.2, -0.15) is 9.97 Å². The molecule has 8 rings (SSSR count). The number of ether oxygens (including phenoxy) is 4. The van der Waals surface area contributed by atoms with Crippen molar-refractivity contribution in [1.29, 1.82) is 0 Å². The second kappa shape index (κ2) is 19.6. The van der Waals surface area contributed by atoms with Crippen molar-refractivity contribution in [3.63, 3.8) is 0 Å². The molecule has 0 aliphatic carbocycles. The first-order valence-electron chi connectivity index (χ1n) is 24.5. The standard InChI is InChI=1S/C53H63F5N6O6Si/c1-11-12-13-21-64(50(66)70-51(8,9)10)62-48-39-27-59-46(38-25-36(65)23-34-14-16-40(55)37(44(34)38)19-22-71(30(2)3,31(4)5)32(6)7)45(56)47(39)60-49(61-48)67-29-52-20-18-41(63(52)28-35(54)26-52)33-15-17-42-43(24-33)69-53(57,58)68-42/h14-17,23-25,27,30-32,35,41,65H,11-13,18,20-21,26,28-29H2,1-10H3,(H,60,61,62)/t35-,41-,52+/m1/s1. The fourth-order valence-electron chi connectivity index (χ4n) is 11.1. The number of anilines is 1. The number of hydrogen-bond donors (Lipinski definition) is 2. The van der Waals surface area contributed by atoms with Gasteiger partial charge in [0, 0.05) is 42.7 Å². The van der Waals surface area contributed by atoms with E-state index in [0.717, 1.165) is 12.8 Å². The molecule has 0 saturated carbocycles. The number of rotatable bonds is 14. The molecule has 2 saturated heterocycles. The summed E-state index contributed by atoms with van der Waals surface area (Å²) in [4.78, 5) is 29.6. The maximum Gasteiger partial charge on any atom is 0.586 e. The zero-order valence-electron chi connectivity index (χ0n) is 42.0. The lowest BCUT2D eigenvalue weighted by molar-refractivity contribution is -0.286. The average Bonchev–Trinajstić information content (AvgIpc) is 3.91. The Balaban J connectivity index is 1.24. The molecule has 3 atom stereocenters. The zero-order valence-corrected chi connectivity index (χ0v) is 43.0. The number of hydrazine groups is 1. The number of benzene rings is 3. The summed E-state index contributed by atoms with van der Waals surface area (Å²) in [5.74, 6) is 1.17. The molecule has 71 heavy (non-hydrogen) atoms. The molecule has 2 fully saturated rings. The summed E-state index contributed by atoms with van der Waals surface area (Å²) in [6.07, 6.45) is -1.13. The topological polar surface area (TPSA) is 131 Å². The zero-order chi connectivity index (χ0) is 51.4. The van der Waals surface area contributed by atoms with E-state index in [4.69, 9.17) is 14.2 Å². The van der Waals surface area contributed by atoms with Gasteiger partial charge in [0.25, 0.3) is 0 Å². The van der Waals surface area contributed by atoms with Gasteiger partial charge in [0.1, 0.15) is 49.2 Å². The highest BCUT2D eigenvalue weighted by Crippen LogP contribution is 2.52.